The van der Waals surface area contributed by atoms with Gasteiger partial charge in [-0.3, -0.25) is 4.79 Å². The lowest BCUT2D eigenvalue weighted by Crippen LogP contribution is -2.30. The minimum atomic E-state index is -0.0911. The second-order valence-electron chi connectivity index (χ2n) is 9.05. The van der Waals surface area contributed by atoms with Crippen molar-refractivity contribution in [3.05, 3.63) is 47.6 Å². The summed E-state index contributed by atoms with van der Waals surface area (Å²) in [5.74, 6) is 2.46. The highest BCUT2D eigenvalue weighted by Gasteiger charge is 2.50. The van der Waals surface area contributed by atoms with Crippen LogP contribution >= 0.6 is 0 Å². The number of ether oxygens (including phenoxy) is 1. The molecular weight excluding hydrogens is 366 g/mol. The van der Waals surface area contributed by atoms with E-state index in [1.807, 2.05) is 0 Å². The number of rotatable bonds is 7. The first kappa shape index (κ1) is 18.8. The van der Waals surface area contributed by atoms with E-state index in [4.69, 9.17) is 14.2 Å². The summed E-state index contributed by atoms with van der Waals surface area (Å²) in [6.45, 7) is 0.926. The summed E-state index contributed by atoms with van der Waals surface area (Å²) >= 11 is 0. The lowest BCUT2D eigenvalue weighted by Gasteiger charge is -2.24. The normalized spacial score (nSPS) is 30.0. The summed E-state index contributed by atoms with van der Waals surface area (Å²) in [5.41, 5.74) is 1.48. The number of nitrogens with zero attached hydrogens (tertiary/aromatic N) is 2. The second kappa shape index (κ2) is 7.56. The van der Waals surface area contributed by atoms with Gasteiger partial charge in [-0.25, -0.2) is 0 Å². The van der Waals surface area contributed by atoms with Crippen LogP contribution in [0.1, 0.15) is 74.1 Å². The molecule has 1 heterocycles. The van der Waals surface area contributed by atoms with E-state index < -0.39 is 0 Å². The van der Waals surface area contributed by atoms with Gasteiger partial charge in [-0.05, 0) is 50.5 Å². The molecule has 2 atom stereocenters. The zero-order chi connectivity index (χ0) is 19.8. The van der Waals surface area contributed by atoms with Crippen LogP contribution in [0, 0.1) is 5.92 Å². The Bertz CT molecular complexity index is 853. The van der Waals surface area contributed by atoms with E-state index in [2.05, 4.69) is 40.8 Å². The van der Waals surface area contributed by atoms with Crippen molar-refractivity contribution in [1.82, 2.24) is 15.5 Å². The standard InChI is InChI=1S/C23H29N3O3/c1-28-21(27)17-9-7-16(8-10-17)20-25-22(26-29-20)23(11-12-23)14-24-19-13-18(19)15-5-3-2-4-6-15/h2-6,16-19,24H,7-14H2,1H3/t16-,17-,18-,19+/m0/s1. The monoisotopic (exact) mass is 395 g/mol. The first-order valence-electron chi connectivity index (χ1n) is 10.9. The van der Waals surface area contributed by atoms with Gasteiger partial charge >= 0.3 is 5.97 Å². The number of methoxy groups -OCH3 is 1. The summed E-state index contributed by atoms with van der Waals surface area (Å²) < 4.78 is 10.5. The third kappa shape index (κ3) is 3.82. The highest BCUT2D eigenvalue weighted by molar-refractivity contribution is 5.72. The molecule has 0 spiro atoms. The van der Waals surface area contributed by atoms with E-state index in [0.29, 0.717) is 12.0 Å². The van der Waals surface area contributed by atoms with Gasteiger partial charge < -0.3 is 14.6 Å². The molecule has 3 saturated carbocycles. The summed E-state index contributed by atoms with van der Waals surface area (Å²) in [6.07, 6.45) is 6.95. The van der Waals surface area contributed by atoms with Crippen LogP contribution in [0.2, 0.25) is 0 Å². The molecule has 0 saturated heterocycles. The Labute approximate surface area is 171 Å². The van der Waals surface area contributed by atoms with Gasteiger partial charge in [0.25, 0.3) is 0 Å². The van der Waals surface area contributed by atoms with E-state index >= 15 is 0 Å². The molecule has 6 nitrogen and oxygen atoms in total. The fourth-order valence-electron chi connectivity index (χ4n) is 4.81. The zero-order valence-electron chi connectivity index (χ0n) is 17.0. The Kier molecular flexibility index (Phi) is 4.90. The van der Waals surface area contributed by atoms with Crippen LogP contribution < -0.4 is 5.32 Å². The Hall–Kier alpha value is -2.21. The minimum Gasteiger partial charge on any atom is -0.469 e. The predicted octanol–water partition coefficient (Wildman–Crippen LogP) is 3.69. The van der Waals surface area contributed by atoms with Gasteiger partial charge in [-0.2, -0.15) is 4.98 Å². The number of carbonyl (C=O) groups excluding carboxylic acids is 1. The number of carbonyl (C=O) groups is 1. The quantitative estimate of drug-likeness (QED) is 0.721. The Morgan fingerprint density at radius 1 is 1.21 bits per heavy atom. The fraction of sp³-hybridized carbons (Fsp3) is 0.609. The van der Waals surface area contributed by atoms with Crippen molar-refractivity contribution in [1.29, 1.82) is 0 Å². The van der Waals surface area contributed by atoms with Gasteiger partial charge in [0.15, 0.2) is 5.82 Å². The van der Waals surface area contributed by atoms with Gasteiger partial charge in [0.05, 0.1) is 13.0 Å². The molecule has 6 heteroatoms. The zero-order valence-corrected chi connectivity index (χ0v) is 17.0. The number of benzene rings is 1. The van der Waals surface area contributed by atoms with Crippen LogP contribution in [-0.2, 0) is 14.9 Å². The molecule has 3 fully saturated rings. The Morgan fingerprint density at radius 2 is 1.97 bits per heavy atom. The second-order valence-corrected chi connectivity index (χ2v) is 9.05. The molecule has 0 bridgehead atoms. The smallest absolute Gasteiger partial charge is 0.308 e. The topological polar surface area (TPSA) is 77.2 Å². The lowest BCUT2D eigenvalue weighted by molar-refractivity contribution is -0.146. The molecule has 0 amide bonds. The molecule has 0 unspecified atom stereocenters. The molecule has 5 rings (SSSR count). The van der Waals surface area contributed by atoms with E-state index in [0.717, 1.165) is 56.8 Å². The molecule has 0 radical (unpaired) electrons. The maximum absolute atomic E-state index is 11.7. The molecule has 0 aliphatic heterocycles. The highest BCUT2D eigenvalue weighted by Crippen LogP contribution is 2.48. The molecule has 3 aliphatic carbocycles. The van der Waals surface area contributed by atoms with E-state index in [9.17, 15) is 4.79 Å². The first-order chi connectivity index (χ1) is 14.2. The summed E-state index contributed by atoms with van der Waals surface area (Å²) in [5, 5.41) is 8.10. The van der Waals surface area contributed by atoms with Crippen LogP contribution in [0.5, 0.6) is 0 Å². The first-order valence-corrected chi connectivity index (χ1v) is 10.9. The molecule has 1 aromatic carbocycles. The largest absolute Gasteiger partial charge is 0.469 e. The van der Waals surface area contributed by atoms with Crippen LogP contribution in [-0.4, -0.2) is 35.8 Å². The van der Waals surface area contributed by atoms with Crippen molar-refractivity contribution in [3.63, 3.8) is 0 Å². The fourth-order valence-corrected chi connectivity index (χ4v) is 4.81. The Morgan fingerprint density at radius 3 is 2.66 bits per heavy atom. The molecule has 2 aromatic rings. The van der Waals surface area contributed by atoms with Crippen molar-refractivity contribution in [2.24, 2.45) is 5.92 Å². The lowest BCUT2D eigenvalue weighted by atomic mass is 9.82. The molecule has 3 aliphatic rings. The molecule has 154 valence electrons. The van der Waals surface area contributed by atoms with Crippen molar-refractivity contribution in [3.8, 4) is 0 Å². The molecule has 29 heavy (non-hydrogen) atoms. The van der Waals surface area contributed by atoms with Crippen molar-refractivity contribution in [2.75, 3.05) is 13.7 Å². The highest BCUT2D eigenvalue weighted by atomic mass is 16.5. The van der Waals surface area contributed by atoms with Crippen LogP contribution in [0.25, 0.3) is 0 Å². The maximum atomic E-state index is 11.7. The molecule has 1 aromatic heterocycles. The van der Waals surface area contributed by atoms with Crippen LogP contribution in [0.4, 0.5) is 0 Å². The Balaban J connectivity index is 1.15. The molecular formula is C23H29N3O3. The summed E-state index contributed by atoms with van der Waals surface area (Å²) in [7, 11) is 1.46. The molecule has 1 N–H and O–H groups in total. The number of esters is 1. The van der Waals surface area contributed by atoms with E-state index in [1.165, 1.54) is 19.1 Å². The minimum absolute atomic E-state index is 0.0220. The predicted molar refractivity (Wildman–Crippen MR) is 108 cm³/mol. The van der Waals surface area contributed by atoms with Gasteiger partial charge in [0.2, 0.25) is 5.89 Å². The average Bonchev–Trinajstić information content (AvgIpc) is 3.69. The SMILES string of the molecule is COC(=O)[C@H]1CC[C@H](c2nc(C3(CN[C@@H]4C[C@H]4c4ccccc4)CC3)no2)CC1. The van der Waals surface area contributed by atoms with Crippen LogP contribution in [0.15, 0.2) is 34.9 Å². The van der Waals surface area contributed by atoms with Crippen molar-refractivity contribution >= 4 is 5.97 Å². The number of hydrogen-bond donors (Lipinski definition) is 1. The van der Waals surface area contributed by atoms with Gasteiger partial charge in [0.1, 0.15) is 0 Å². The van der Waals surface area contributed by atoms with Crippen molar-refractivity contribution < 1.29 is 14.1 Å². The van der Waals surface area contributed by atoms with Gasteiger partial charge in [-0.1, -0.05) is 35.5 Å². The van der Waals surface area contributed by atoms with E-state index in [-0.39, 0.29) is 23.2 Å². The maximum Gasteiger partial charge on any atom is 0.308 e. The third-order valence-corrected chi connectivity index (χ3v) is 7.10. The summed E-state index contributed by atoms with van der Waals surface area (Å²) in [6, 6.07) is 11.3. The number of nitrogens with one attached hydrogen (secondary N) is 1. The third-order valence-electron chi connectivity index (χ3n) is 7.10. The number of aromatic nitrogens is 2. The number of hydrogen-bond acceptors (Lipinski definition) is 6. The van der Waals surface area contributed by atoms with E-state index in [1.54, 1.807) is 0 Å². The van der Waals surface area contributed by atoms with Gasteiger partial charge in [0, 0.05) is 29.8 Å². The van der Waals surface area contributed by atoms with Crippen molar-refractivity contribution in [2.45, 2.75) is 68.2 Å². The average molecular weight is 396 g/mol. The van der Waals surface area contributed by atoms with Crippen LogP contribution in [0.3, 0.4) is 0 Å². The summed E-state index contributed by atoms with van der Waals surface area (Å²) in [4.78, 5) is 16.5. The van der Waals surface area contributed by atoms with Gasteiger partial charge in [-0.15, -0.1) is 0 Å².